The van der Waals surface area contributed by atoms with Crippen molar-refractivity contribution in [3.8, 4) is 0 Å². The Bertz CT molecular complexity index is 330. The maximum Gasteiger partial charge on any atom is 0.0460 e. The van der Waals surface area contributed by atoms with Gasteiger partial charge in [0.2, 0.25) is 0 Å². The molecule has 0 bridgehead atoms. The Hall–Kier alpha value is -0.700. The third-order valence-corrected chi connectivity index (χ3v) is 3.64. The van der Waals surface area contributed by atoms with Crippen molar-refractivity contribution in [1.29, 1.82) is 0 Å². The molecule has 1 aromatic rings. The summed E-state index contributed by atoms with van der Waals surface area (Å²) in [4.78, 5) is 2.46. The van der Waals surface area contributed by atoms with Crippen molar-refractivity contribution < 1.29 is 0 Å². The van der Waals surface area contributed by atoms with Crippen molar-refractivity contribution >= 4 is 27.3 Å². The van der Waals surface area contributed by atoms with Crippen LogP contribution in [0, 0.1) is 0 Å². The number of hydrogen-bond donors (Lipinski definition) is 1. The molecule has 1 aliphatic heterocycles. The van der Waals surface area contributed by atoms with Gasteiger partial charge in [0.25, 0.3) is 0 Å². The van der Waals surface area contributed by atoms with Gasteiger partial charge < -0.3 is 10.6 Å². The molecule has 15 heavy (non-hydrogen) atoms. The minimum atomic E-state index is 0.813. The lowest BCUT2D eigenvalue weighted by molar-refractivity contribution is 0.726. The summed E-state index contributed by atoms with van der Waals surface area (Å²) in [5, 5.41) is 0. The fraction of sp³-hybridized carbons (Fsp3) is 0.500. The Labute approximate surface area is 99.6 Å². The van der Waals surface area contributed by atoms with Gasteiger partial charge in [-0.05, 0) is 47.0 Å². The summed E-state index contributed by atoms with van der Waals surface area (Å²) < 4.78 is 1.00. The summed E-state index contributed by atoms with van der Waals surface area (Å²) in [6, 6.07) is 6.22. The van der Waals surface area contributed by atoms with Gasteiger partial charge >= 0.3 is 0 Å². The third kappa shape index (κ3) is 2.65. The first kappa shape index (κ1) is 10.8. The molecule has 82 valence electrons. The van der Waals surface area contributed by atoms with Gasteiger partial charge in [-0.1, -0.05) is 12.8 Å². The number of rotatable bonds is 1. The maximum atomic E-state index is 5.78. The zero-order chi connectivity index (χ0) is 10.7. The summed E-state index contributed by atoms with van der Waals surface area (Å²) in [6.45, 7) is 2.35. The van der Waals surface area contributed by atoms with Gasteiger partial charge in [-0.15, -0.1) is 0 Å². The second kappa shape index (κ2) is 4.88. The van der Waals surface area contributed by atoms with Crippen LogP contribution in [0.15, 0.2) is 22.7 Å². The van der Waals surface area contributed by atoms with E-state index in [1.165, 1.54) is 44.5 Å². The van der Waals surface area contributed by atoms with E-state index in [4.69, 9.17) is 5.73 Å². The zero-order valence-electron chi connectivity index (χ0n) is 8.88. The number of nitrogen functional groups attached to an aromatic ring is 1. The molecule has 0 spiro atoms. The number of anilines is 2. The Kier molecular flexibility index (Phi) is 3.52. The summed E-state index contributed by atoms with van der Waals surface area (Å²) >= 11 is 3.48. The van der Waals surface area contributed by atoms with E-state index in [-0.39, 0.29) is 0 Å². The topological polar surface area (TPSA) is 29.3 Å². The van der Waals surface area contributed by atoms with Gasteiger partial charge in [-0.2, -0.15) is 0 Å². The van der Waals surface area contributed by atoms with Crippen LogP contribution in [0.25, 0.3) is 0 Å². The van der Waals surface area contributed by atoms with E-state index >= 15 is 0 Å². The van der Waals surface area contributed by atoms with Crippen LogP contribution in [0.1, 0.15) is 25.7 Å². The molecule has 2 N–H and O–H groups in total. The Morgan fingerprint density at radius 2 is 1.73 bits per heavy atom. The standard InChI is InChI=1S/C12H17BrN2/c13-11-9-10(5-6-12(11)14)15-7-3-1-2-4-8-15/h5-6,9H,1-4,7-8,14H2. The largest absolute Gasteiger partial charge is 0.398 e. The van der Waals surface area contributed by atoms with Crippen LogP contribution in [-0.2, 0) is 0 Å². The first-order chi connectivity index (χ1) is 7.27. The predicted molar refractivity (Wildman–Crippen MR) is 69.2 cm³/mol. The van der Waals surface area contributed by atoms with Gasteiger partial charge in [0.1, 0.15) is 0 Å². The molecule has 0 atom stereocenters. The molecule has 2 nitrogen and oxygen atoms in total. The van der Waals surface area contributed by atoms with Gasteiger partial charge in [-0.3, -0.25) is 0 Å². The molecule has 0 amide bonds. The van der Waals surface area contributed by atoms with Crippen LogP contribution in [0.4, 0.5) is 11.4 Å². The molecule has 1 saturated heterocycles. The number of hydrogen-bond acceptors (Lipinski definition) is 2. The third-order valence-electron chi connectivity index (χ3n) is 2.96. The molecular formula is C12H17BrN2. The molecule has 2 rings (SSSR count). The molecular weight excluding hydrogens is 252 g/mol. The van der Waals surface area contributed by atoms with Gasteiger partial charge in [0, 0.05) is 28.9 Å². The number of halogens is 1. The molecule has 0 unspecified atom stereocenters. The van der Waals surface area contributed by atoms with E-state index in [0.717, 1.165) is 10.2 Å². The van der Waals surface area contributed by atoms with Crippen LogP contribution >= 0.6 is 15.9 Å². The first-order valence-corrected chi connectivity index (χ1v) is 6.36. The highest BCUT2D eigenvalue weighted by atomic mass is 79.9. The second-order valence-corrected chi connectivity index (χ2v) is 4.96. The van der Waals surface area contributed by atoms with Crippen LogP contribution < -0.4 is 10.6 Å². The fourth-order valence-corrected chi connectivity index (χ4v) is 2.41. The van der Waals surface area contributed by atoms with Crippen molar-refractivity contribution in [3.63, 3.8) is 0 Å². The molecule has 1 aliphatic rings. The summed E-state index contributed by atoms with van der Waals surface area (Å²) in [5.74, 6) is 0. The van der Waals surface area contributed by atoms with Gasteiger partial charge in [-0.25, -0.2) is 0 Å². The van der Waals surface area contributed by atoms with Crippen LogP contribution in [-0.4, -0.2) is 13.1 Å². The smallest absolute Gasteiger partial charge is 0.0460 e. The van der Waals surface area contributed by atoms with Crippen molar-refractivity contribution in [1.82, 2.24) is 0 Å². The zero-order valence-corrected chi connectivity index (χ0v) is 10.5. The van der Waals surface area contributed by atoms with Crippen molar-refractivity contribution in [2.45, 2.75) is 25.7 Å². The predicted octanol–water partition coefficient (Wildman–Crippen LogP) is 3.41. The van der Waals surface area contributed by atoms with Gasteiger partial charge in [0.05, 0.1) is 0 Å². The van der Waals surface area contributed by atoms with E-state index in [0.29, 0.717) is 0 Å². The van der Waals surface area contributed by atoms with E-state index in [1.807, 2.05) is 6.07 Å². The van der Waals surface area contributed by atoms with E-state index in [1.54, 1.807) is 0 Å². The molecule has 1 aromatic carbocycles. The Balaban J connectivity index is 2.16. The summed E-state index contributed by atoms with van der Waals surface area (Å²) in [7, 11) is 0. The van der Waals surface area contributed by atoms with Crippen LogP contribution in [0.3, 0.4) is 0 Å². The highest BCUT2D eigenvalue weighted by Gasteiger charge is 2.10. The average Bonchev–Trinajstić information content (AvgIpc) is 2.50. The SMILES string of the molecule is Nc1ccc(N2CCCCCC2)cc1Br. The molecule has 1 heterocycles. The normalized spacial score (nSPS) is 17.5. The van der Waals surface area contributed by atoms with Crippen molar-refractivity contribution in [2.75, 3.05) is 23.7 Å². The maximum absolute atomic E-state index is 5.78. The number of benzene rings is 1. The number of nitrogens with zero attached hydrogens (tertiary/aromatic N) is 1. The van der Waals surface area contributed by atoms with E-state index < -0.39 is 0 Å². The quantitative estimate of drug-likeness (QED) is 0.791. The van der Waals surface area contributed by atoms with E-state index in [9.17, 15) is 0 Å². The minimum absolute atomic E-state index is 0.813. The van der Waals surface area contributed by atoms with E-state index in [2.05, 4.69) is 33.0 Å². The average molecular weight is 269 g/mol. The second-order valence-electron chi connectivity index (χ2n) is 4.11. The summed E-state index contributed by atoms with van der Waals surface area (Å²) in [5.41, 5.74) is 7.89. The number of nitrogens with two attached hydrogens (primary N) is 1. The minimum Gasteiger partial charge on any atom is -0.398 e. The lowest BCUT2D eigenvalue weighted by Gasteiger charge is -2.23. The lowest BCUT2D eigenvalue weighted by Crippen LogP contribution is -2.23. The lowest BCUT2D eigenvalue weighted by atomic mass is 10.2. The van der Waals surface area contributed by atoms with Gasteiger partial charge in [0.15, 0.2) is 0 Å². The fourth-order valence-electron chi connectivity index (χ4n) is 2.04. The Morgan fingerprint density at radius 3 is 2.33 bits per heavy atom. The molecule has 0 radical (unpaired) electrons. The van der Waals surface area contributed by atoms with Crippen molar-refractivity contribution in [3.05, 3.63) is 22.7 Å². The molecule has 0 saturated carbocycles. The molecule has 0 aliphatic carbocycles. The molecule has 3 heteroatoms. The summed E-state index contributed by atoms with van der Waals surface area (Å²) in [6.07, 6.45) is 5.35. The molecule has 0 aromatic heterocycles. The van der Waals surface area contributed by atoms with Crippen LogP contribution in [0.5, 0.6) is 0 Å². The first-order valence-electron chi connectivity index (χ1n) is 5.57. The highest BCUT2D eigenvalue weighted by Crippen LogP contribution is 2.27. The van der Waals surface area contributed by atoms with Crippen LogP contribution in [0.2, 0.25) is 0 Å². The molecule has 1 fully saturated rings. The van der Waals surface area contributed by atoms with Crippen molar-refractivity contribution in [2.24, 2.45) is 0 Å². The highest BCUT2D eigenvalue weighted by molar-refractivity contribution is 9.10. The monoisotopic (exact) mass is 268 g/mol. The Morgan fingerprint density at radius 1 is 1.07 bits per heavy atom.